The largest absolute Gasteiger partial charge is 0.494 e. The lowest BCUT2D eigenvalue weighted by molar-refractivity contribution is 0.103. The van der Waals surface area contributed by atoms with Gasteiger partial charge in [-0.15, -0.1) is 0 Å². The maximum atomic E-state index is 12.3. The Hall–Kier alpha value is -2.00. The van der Waals surface area contributed by atoms with Crippen molar-refractivity contribution in [3.63, 3.8) is 0 Å². The molecule has 0 saturated heterocycles. The molecule has 2 aromatic rings. The number of benzene rings is 2. The Bertz CT molecular complexity index is 594. The van der Waals surface area contributed by atoms with Gasteiger partial charge in [0.2, 0.25) is 0 Å². The van der Waals surface area contributed by atoms with E-state index in [1.165, 1.54) is 0 Å². The van der Waals surface area contributed by atoms with E-state index in [2.05, 4.69) is 0 Å². The van der Waals surface area contributed by atoms with Crippen molar-refractivity contribution in [2.75, 3.05) is 12.3 Å². The smallest absolute Gasteiger partial charge is 0.194 e. The zero-order valence-electron chi connectivity index (χ0n) is 10.5. The predicted octanol–water partition coefficient (Wildman–Crippen LogP) is 3.55. The van der Waals surface area contributed by atoms with E-state index in [0.717, 1.165) is 0 Å². The zero-order chi connectivity index (χ0) is 13.8. The molecule has 2 N–H and O–H groups in total. The molecule has 0 fully saturated rings. The molecule has 2 aromatic carbocycles. The maximum Gasteiger partial charge on any atom is 0.194 e. The fourth-order valence-corrected chi connectivity index (χ4v) is 1.98. The monoisotopic (exact) mass is 275 g/mol. The Morgan fingerprint density at radius 3 is 2.47 bits per heavy atom. The highest BCUT2D eigenvalue weighted by Crippen LogP contribution is 2.25. The second-order valence-corrected chi connectivity index (χ2v) is 4.43. The summed E-state index contributed by atoms with van der Waals surface area (Å²) in [5, 5.41) is 0.382. The van der Waals surface area contributed by atoms with Crippen molar-refractivity contribution in [1.82, 2.24) is 0 Å². The summed E-state index contributed by atoms with van der Waals surface area (Å²) in [6.07, 6.45) is 0. The molecule has 2 rings (SSSR count). The van der Waals surface area contributed by atoms with Crippen LogP contribution < -0.4 is 10.5 Å². The molecule has 4 heteroatoms. The van der Waals surface area contributed by atoms with E-state index in [1.807, 2.05) is 6.92 Å². The van der Waals surface area contributed by atoms with Crippen molar-refractivity contribution in [2.24, 2.45) is 0 Å². The molecular formula is C15H14ClNO2. The summed E-state index contributed by atoms with van der Waals surface area (Å²) in [4.78, 5) is 12.3. The molecule has 19 heavy (non-hydrogen) atoms. The molecule has 0 aliphatic heterocycles. The third kappa shape index (κ3) is 3.06. The van der Waals surface area contributed by atoms with Crippen LogP contribution in [0.2, 0.25) is 5.02 Å². The second-order valence-electron chi connectivity index (χ2n) is 4.03. The highest BCUT2D eigenvalue weighted by Gasteiger charge is 2.13. The summed E-state index contributed by atoms with van der Waals surface area (Å²) >= 11 is 6.12. The van der Waals surface area contributed by atoms with Gasteiger partial charge in [-0.25, -0.2) is 0 Å². The maximum absolute atomic E-state index is 12.3. The van der Waals surface area contributed by atoms with E-state index in [1.54, 1.807) is 42.5 Å². The number of anilines is 1. The van der Waals surface area contributed by atoms with Gasteiger partial charge in [-0.1, -0.05) is 11.6 Å². The van der Waals surface area contributed by atoms with Crippen LogP contribution in [-0.4, -0.2) is 12.4 Å². The number of rotatable bonds is 4. The molecule has 0 saturated carbocycles. The standard InChI is InChI=1S/C15H14ClNO2/c1-2-19-12-7-8-13(14(16)9-12)15(18)10-3-5-11(17)6-4-10/h3-9H,2,17H2,1H3. The van der Waals surface area contributed by atoms with Crippen LogP contribution in [0.3, 0.4) is 0 Å². The summed E-state index contributed by atoms with van der Waals surface area (Å²) in [5.41, 5.74) is 7.22. The van der Waals surface area contributed by atoms with Crippen molar-refractivity contribution in [3.8, 4) is 5.75 Å². The van der Waals surface area contributed by atoms with Gasteiger partial charge in [0.05, 0.1) is 11.6 Å². The molecular weight excluding hydrogens is 262 g/mol. The summed E-state index contributed by atoms with van der Waals surface area (Å²) in [5.74, 6) is 0.523. The lowest BCUT2D eigenvalue weighted by Gasteiger charge is -2.07. The first-order valence-electron chi connectivity index (χ1n) is 5.94. The van der Waals surface area contributed by atoms with Gasteiger partial charge in [-0.2, -0.15) is 0 Å². The Morgan fingerprint density at radius 2 is 1.89 bits per heavy atom. The Morgan fingerprint density at radius 1 is 1.21 bits per heavy atom. The molecule has 0 aliphatic carbocycles. The van der Waals surface area contributed by atoms with Crippen LogP contribution in [0, 0.1) is 0 Å². The van der Waals surface area contributed by atoms with Gasteiger partial charge in [0.15, 0.2) is 5.78 Å². The van der Waals surface area contributed by atoms with E-state index in [-0.39, 0.29) is 5.78 Å². The van der Waals surface area contributed by atoms with Gasteiger partial charge < -0.3 is 10.5 Å². The number of carbonyl (C=O) groups excluding carboxylic acids is 1. The quantitative estimate of drug-likeness (QED) is 0.686. The van der Waals surface area contributed by atoms with Crippen molar-refractivity contribution in [1.29, 1.82) is 0 Å². The molecule has 0 aliphatic rings. The van der Waals surface area contributed by atoms with E-state index < -0.39 is 0 Å². The van der Waals surface area contributed by atoms with E-state index in [4.69, 9.17) is 22.1 Å². The Kier molecular flexibility index (Phi) is 4.07. The predicted molar refractivity (Wildman–Crippen MR) is 76.9 cm³/mol. The first-order chi connectivity index (χ1) is 9.11. The minimum absolute atomic E-state index is 0.131. The van der Waals surface area contributed by atoms with Crippen molar-refractivity contribution in [2.45, 2.75) is 6.92 Å². The van der Waals surface area contributed by atoms with Crippen molar-refractivity contribution >= 4 is 23.1 Å². The molecule has 0 bridgehead atoms. The summed E-state index contributed by atoms with van der Waals surface area (Å²) in [6.45, 7) is 2.45. The number of nitrogens with two attached hydrogens (primary N) is 1. The number of halogens is 1. The van der Waals surface area contributed by atoms with Gasteiger partial charge in [0.1, 0.15) is 5.75 Å². The van der Waals surface area contributed by atoms with Crippen LogP contribution in [0.5, 0.6) is 5.75 Å². The molecule has 0 amide bonds. The number of hydrogen-bond acceptors (Lipinski definition) is 3. The molecule has 0 unspecified atom stereocenters. The van der Waals surface area contributed by atoms with E-state index in [0.29, 0.717) is 34.2 Å². The van der Waals surface area contributed by atoms with Gasteiger partial charge in [0.25, 0.3) is 0 Å². The lowest BCUT2D eigenvalue weighted by atomic mass is 10.0. The van der Waals surface area contributed by atoms with Crippen molar-refractivity contribution in [3.05, 3.63) is 58.6 Å². The van der Waals surface area contributed by atoms with Gasteiger partial charge in [-0.3, -0.25) is 4.79 Å². The highest BCUT2D eigenvalue weighted by atomic mass is 35.5. The van der Waals surface area contributed by atoms with Gasteiger partial charge in [0, 0.05) is 16.8 Å². The zero-order valence-corrected chi connectivity index (χ0v) is 11.3. The van der Waals surface area contributed by atoms with Crippen LogP contribution in [-0.2, 0) is 0 Å². The summed E-state index contributed by atoms with van der Waals surface area (Å²) in [6, 6.07) is 11.8. The first-order valence-corrected chi connectivity index (χ1v) is 6.32. The minimum Gasteiger partial charge on any atom is -0.494 e. The van der Waals surface area contributed by atoms with Crippen LogP contribution in [0.1, 0.15) is 22.8 Å². The Balaban J connectivity index is 2.31. The van der Waals surface area contributed by atoms with Crippen LogP contribution in [0.15, 0.2) is 42.5 Å². The number of hydrogen-bond donors (Lipinski definition) is 1. The molecule has 0 atom stereocenters. The summed E-state index contributed by atoms with van der Waals surface area (Å²) < 4.78 is 5.33. The highest BCUT2D eigenvalue weighted by molar-refractivity contribution is 6.35. The minimum atomic E-state index is -0.131. The topological polar surface area (TPSA) is 52.3 Å². The molecule has 0 heterocycles. The molecule has 0 spiro atoms. The third-order valence-electron chi connectivity index (χ3n) is 2.67. The van der Waals surface area contributed by atoms with Gasteiger partial charge in [-0.05, 0) is 49.4 Å². The number of carbonyl (C=O) groups is 1. The fraction of sp³-hybridized carbons (Fsp3) is 0.133. The molecule has 0 radical (unpaired) electrons. The second kappa shape index (κ2) is 5.76. The molecule has 0 aromatic heterocycles. The van der Waals surface area contributed by atoms with Crippen LogP contribution in [0.25, 0.3) is 0 Å². The number of ether oxygens (including phenoxy) is 1. The number of ketones is 1. The normalized spacial score (nSPS) is 10.2. The van der Waals surface area contributed by atoms with Crippen LogP contribution >= 0.6 is 11.6 Å². The average Bonchev–Trinajstić information content (AvgIpc) is 2.39. The molecule has 3 nitrogen and oxygen atoms in total. The third-order valence-corrected chi connectivity index (χ3v) is 2.98. The van der Waals surface area contributed by atoms with E-state index >= 15 is 0 Å². The Labute approximate surface area is 117 Å². The number of nitrogen functional groups attached to an aromatic ring is 1. The lowest BCUT2D eigenvalue weighted by Crippen LogP contribution is -2.03. The van der Waals surface area contributed by atoms with Crippen LogP contribution in [0.4, 0.5) is 5.69 Å². The average molecular weight is 276 g/mol. The molecule has 98 valence electrons. The fourth-order valence-electron chi connectivity index (χ4n) is 1.73. The SMILES string of the molecule is CCOc1ccc(C(=O)c2ccc(N)cc2)c(Cl)c1. The van der Waals surface area contributed by atoms with E-state index in [9.17, 15) is 4.79 Å². The van der Waals surface area contributed by atoms with Gasteiger partial charge >= 0.3 is 0 Å². The summed E-state index contributed by atoms with van der Waals surface area (Å²) in [7, 11) is 0. The first kappa shape index (κ1) is 13.4. The van der Waals surface area contributed by atoms with Crippen molar-refractivity contribution < 1.29 is 9.53 Å².